The second kappa shape index (κ2) is 8.79. The molecule has 0 amide bonds. The van der Waals surface area contributed by atoms with Crippen molar-refractivity contribution in [2.45, 2.75) is 45.1 Å². The van der Waals surface area contributed by atoms with Gasteiger partial charge >= 0.3 is 5.97 Å². The van der Waals surface area contributed by atoms with E-state index in [0.717, 1.165) is 22.2 Å². The predicted molar refractivity (Wildman–Crippen MR) is 136 cm³/mol. The third-order valence-electron chi connectivity index (χ3n) is 7.33. The number of nitrogens with one attached hydrogen (secondary N) is 1. The fraction of sp³-hybridized carbons (Fsp3) is 0.286. The molecule has 188 valence electrons. The Morgan fingerprint density at radius 1 is 1.16 bits per heavy atom. The maximum Gasteiger partial charge on any atom is 0.343 e. The number of phenolic OH excluding ortho intramolecular Hbond substituents is 1. The Kier molecular flexibility index (Phi) is 5.54. The second-order valence-corrected chi connectivity index (χ2v) is 9.47. The highest BCUT2D eigenvalue weighted by Gasteiger charge is 2.46. The Hall–Kier alpha value is -4.08. The van der Waals surface area contributed by atoms with Crippen LogP contribution in [0.3, 0.4) is 0 Å². The molecule has 3 aromatic heterocycles. The van der Waals surface area contributed by atoms with Gasteiger partial charge in [0.05, 0.1) is 34.7 Å². The van der Waals surface area contributed by atoms with Crippen molar-refractivity contribution in [2.24, 2.45) is 0 Å². The number of benzene rings is 1. The Morgan fingerprint density at radius 3 is 2.81 bits per heavy atom. The molecule has 0 bridgehead atoms. The topological polar surface area (TPSA) is 127 Å². The number of aryl methyl sites for hydroxylation is 1. The second-order valence-electron chi connectivity index (χ2n) is 9.47. The average molecular weight is 499 g/mol. The summed E-state index contributed by atoms with van der Waals surface area (Å²) < 4.78 is 6.92. The van der Waals surface area contributed by atoms with Crippen LogP contribution in [0.25, 0.3) is 22.3 Å². The molecule has 9 nitrogen and oxygen atoms in total. The molecule has 37 heavy (non-hydrogen) atoms. The Balaban J connectivity index is 1.40. The molecule has 1 atom stereocenters. The first kappa shape index (κ1) is 23.3. The molecule has 0 fully saturated rings. The maximum atomic E-state index is 13.6. The van der Waals surface area contributed by atoms with E-state index in [-0.39, 0.29) is 35.5 Å². The number of aliphatic hydroxyl groups is 1. The van der Waals surface area contributed by atoms with E-state index in [0.29, 0.717) is 43.0 Å². The van der Waals surface area contributed by atoms with Crippen LogP contribution in [-0.4, -0.2) is 37.3 Å². The fourth-order valence-electron chi connectivity index (χ4n) is 5.44. The normalized spacial score (nSPS) is 17.8. The number of carbonyl (C=O) groups is 1. The lowest BCUT2D eigenvalue weighted by Gasteiger charge is -2.32. The number of aromatic hydroxyl groups is 1. The SMILES string of the molecule is CCc1c2c(nc3ccc(O)cc13)-c1cc3c(c(=O)n1C2)COC(=O)[C@]3(O)CCNCc1ccccn1. The molecule has 5 heterocycles. The molecule has 0 spiro atoms. The van der Waals surface area contributed by atoms with E-state index in [4.69, 9.17) is 9.72 Å². The van der Waals surface area contributed by atoms with Crippen molar-refractivity contribution in [3.8, 4) is 17.1 Å². The molecule has 0 saturated carbocycles. The molecule has 0 radical (unpaired) electrons. The summed E-state index contributed by atoms with van der Waals surface area (Å²) in [4.78, 5) is 35.5. The highest BCUT2D eigenvalue weighted by atomic mass is 16.6. The van der Waals surface area contributed by atoms with Gasteiger partial charge in [-0.05, 0) is 54.9 Å². The molecule has 0 aliphatic carbocycles. The number of esters is 1. The lowest BCUT2D eigenvalue weighted by molar-refractivity contribution is -0.172. The molecule has 0 saturated heterocycles. The predicted octanol–water partition coefficient (Wildman–Crippen LogP) is 2.51. The van der Waals surface area contributed by atoms with E-state index >= 15 is 0 Å². The number of aromatic nitrogens is 3. The molecule has 4 aromatic rings. The number of carbonyl (C=O) groups excluding carboxylic acids is 1. The lowest BCUT2D eigenvalue weighted by Crippen LogP contribution is -2.46. The van der Waals surface area contributed by atoms with Gasteiger partial charge in [-0.2, -0.15) is 0 Å². The molecular formula is C28H26N4O5. The Morgan fingerprint density at radius 2 is 2.03 bits per heavy atom. The molecule has 0 unspecified atom stereocenters. The number of fused-ring (bicyclic) bond motifs is 5. The first-order chi connectivity index (χ1) is 17.9. The quantitative estimate of drug-likeness (QED) is 0.241. The minimum atomic E-state index is -1.96. The average Bonchev–Trinajstić information content (AvgIpc) is 3.27. The van der Waals surface area contributed by atoms with Gasteiger partial charge in [0, 0.05) is 35.7 Å². The first-order valence-electron chi connectivity index (χ1n) is 12.3. The standard InChI is InChI=1S/C28H26N4O5/c1-2-18-19-11-17(33)6-7-23(19)31-25-20(18)14-32-24(25)12-22-21(26(32)34)15-37-27(35)28(22,36)8-10-29-13-16-5-3-4-9-30-16/h3-7,9,11-12,29,33,36H,2,8,10,13-15H2,1H3/t28-/m0/s1. The number of pyridine rings is 3. The lowest BCUT2D eigenvalue weighted by atomic mass is 9.85. The van der Waals surface area contributed by atoms with E-state index < -0.39 is 11.6 Å². The minimum Gasteiger partial charge on any atom is -0.508 e. The van der Waals surface area contributed by atoms with Crippen LogP contribution in [0.4, 0.5) is 0 Å². The van der Waals surface area contributed by atoms with Gasteiger partial charge in [0.1, 0.15) is 12.4 Å². The van der Waals surface area contributed by atoms with E-state index in [1.807, 2.05) is 25.1 Å². The van der Waals surface area contributed by atoms with Crippen molar-refractivity contribution in [2.75, 3.05) is 6.54 Å². The molecule has 6 rings (SSSR count). The van der Waals surface area contributed by atoms with Gasteiger partial charge in [-0.25, -0.2) is 9.78 Å². The number of ether oxygens (including phenoxy) is 1. The summed E-state index contributed by atoms with van der Waals surface area (Å²) in [6.45, 7) is 2.96. The largest absolute Gasteiger partial charge is 0.508 e. The molecule has 2 aliphatic heterocycles. The van der Waals surface area contributed by atoms with Gasteiger partial charge in [-0.15, -0.1) is 0 Å². The first-order valence-corrected chi connectivity index (χ1v) is 12.3. The van der Waals surface area contributed by atoms with E-state index in [1.54, 1.807) is 35.0 Å². The number of hydrogen-bond acceptors (Lipinski definition) is 8. The smallest absolute Gasteiger partial charge is 0.343 e. The highest BCUT2D eigenvalue weighted by Crippen LogP contribution is 2.40. The maximum absolute atomic E-state index is 13.6. The fourth-order valence-corrected chi connectivity index (χ4v) is 5.44. The summed E-state index contributed by atoms with van der Waals surface area (Å²) in [6.07, 6.45) is 2.43. The zero-order valence-electron chi connectivity index (χ0n) is 20.3. The van der Waals surface area contributed by atoms with Crippen LogP contribution in [0.5, 0.6) is 5.75 Å². The number of rotatable bonds is 6. The minimum absolute atomic E-state index is 0.0338. The summed E-state index contributed by atoms with van der Waals surface area (Å²) in [5, 5.41) is 25.6. The summed E-state index contributed by atoms with van der Waals surface area (Å²) in [7, 11) is 0. The summed E-state index contributed by atoms with van der Waals surface area (Å²) >= 11 is 0. The van der Waals surface area contributed by atoms with Gasteiger partial charge in [0.15, 0.2) is 5.60 Å². The van der Waals surface area contributed by atoms with E-state index in [1.165, 1.54) is 0 Å². The van der Waals surface area contributed by atoms with Crippen LogP contribution in [0.15, 0.2) is 53.5 Å². The van der Waals surface area contributed by atoms with Crippen molar-refractivity contribution in [1.29, 1.82) is 0 Å². The van der Waals surface area contributed by atoms with Gasteiger partial charge in [-0.1, -0.05) is 13.0 Å². The zero-order valence-corrected chi connectivity index (χ0v) is 20.3. The third-order valence-corrected chi connectivity index (χ3v) is 7.33. The van der Waals surface area contributed by atoms with Crippen LogP contribution in [0, 0.1) is 0 Å². The number of phenols is 1. The van der Waals surface area contributed by atoms with Crippen LogP contribution < -0.4 is 10.9 Å². The number of nitrogens with zero attached hydrogens (tertiary/aromatic N) is 3. The third kappa shape index (κ3) is 3.70. The van der Waals surface area contributed by atoms with E-state index in [2.05, 4.69) is 10.3 Å². The van der Waals surface area contributed by atoms with Crippen LogP contribution in [-0.2, 0) is 41.2 Å². The molecule has 9 heteroatoms. The van der Waals surface area contributed by atoms with Gasteiger partial charge in [-0.3, -0.25) is 9.78 Å². The summed E-state index contributed by atoms with van der Waals surface area (Å²) in [5.41, 5.74) is 2.99. The van der Waals surface area contributed by atoms with E-state index in [9.17, 15) is 19.8 Å². The Bertz CT molecular complexity index is 1620. The van der Waals surface area contributed by atoms with Crippen molar-refractivity contribution in [3.05, 3.63) is 87.0 Å². The van der Waals surface area contributed by atoms with Crippen LogP contribution in [0.2, 0.25) is 0 Å². The zero-order chi connectivity index (χ0) is 25.7. The van der Waals surface area contributed by atoms with Crippen molar-refractivity contribution in [1.82, 2.24) is 19.9 Å². The molecule has 1 aromatic carbocycles. The van der Waals surface area contributed by atoms with Gasteiger partial charge in [0.2, 0.25) is 0 Å². The molecule has 3 N–H and O–H groups in total. The van der Waals surface area contributed by atoms with Crippen molar-refractivity contribution >= 4 is 16.9 Å². The van der Waals surface area contributed by atoms with Crippen molar-refractivity contribution < 1.29 is 19.7 Å². The van der Waals surface area contributed by atoms with Crippen molar-refractivity contribution in [3.63, 3.8) is 0 Å². The highest BCUT2D eigenvalue weighted by molar-refractivity contribution is 5.89. The molecule has 2 aliphatic rings. The number of cyclic esters (lactones) is 1. The Labute approximate surface area is 212 Å². The monoisotopic (exact) mass is 498 g/mol. The number of hydrogen-bond donors (Lipinski definition) is 3. The van der Waals surface area contributed by atoms with Gasteiger partial charge < -0.3 is 24.8 Å². The van der Waals surface area contributed by atoms with Gasteiger partial charge in [0.25, 0.3) is 5.56 Å². The summed E-state index contributed by atoms with van der Waals surface area (Å²) in [5.74, 6) is -0.608. The van der Waals surface area contributed by atoms with Crippen LogP contribution in [0.1, 0.15) is 41.3 Å². The summed E-state index contributed by atoms with van der Waals surface area (Å²) in [6, 6.07) is 12.4. The molecular weight excluding hydrogens is 472 g/mol. The van der Waals surface area contributed by atoms with Crippen LogP contribution >= 0.6 is 0 Å².